The van der Waals surface area contributed by atoms with Gasteiger partial charge in [0.15, 0.2) is 0 Å². The zero-order valence-electron chi connectivity index (χ0n) is 18.4. The van der Waals surface area contributed by atoms with Crippen molar-refractivity contribution in [3.05, 3.63) is 58.4 Å². The van der Waals surface area contributed by atoms with E-state index in [2.05, 4.69) is 24.1 Å². The first-order valence-electron chi connectivity index (χ1n) is 11.2. The monoisotopic (exact) mass is 419 g/mol. The standard InChI is InChI=1S/C25H29N3O3/c1-25(2,31-3)22(15-10-11-15)28-14-16-6-4-9-20(21(16)24(28)30)27-23(29)18-12-13-26-19-8-5-7-17(18)19/h4,6,9,12-13,15,22H,5,7-8,10-11,14H2,1-3H3,(H,27,29)/t22-/m1/s1. The number of pyridine rings is 1. The Balaban J connectivity index is 1.44. The quantitative estimate of drug-likeness (QED) is 0.769. The molecule has 2 amide bonds. The number of ether oxygens (including phenoxy) is 1. The summed E-state index contributed by atoms with van der Waals surface area (Å²) in [5.41, 5.74) is 4.44. The largest absolute Gasteiger partial charge is 0.377 e. The number of amides is 2. The Kier molecular flexibility index (Phi) is 4.85. The van der Waals surface area contributed by atoms with Crippen molar-refractivity contribution in [1.82, 2.24) is 9.88 Å². The van der Waals surface area contributed by atoms with Crippen molar-refractivity contribution in [2.75, 3.05) is 12.4 Å². The third-order valence-electron chi connectivity index (χ3n) is 7.09. The molecule has 5 rings (SSSR count). The molecule has 1 aromatic carbocycles. The van der Waals surface area contributed by atoms with Crippen molar-refractivity contribution in [2.24, 2.45) is 5.92 Å². The number of rotatable bonds is 6. The fraction of sp³-hybridized carbons (Fsp3) is 0.480. The minimum absolute atomic E-state index is 0.0180. The first-order valence-corrected chi connectivity index (χ1v) is 11.2. The van der Waals surface area contributed by atoms with Crippen molar-refractivity contribution in [2.45, 2.75) is 64.1 Å². The lowest BCUT2D eigenvalue weighted by atomic mass is 9.92. The number of carbonyl (C=O) groups is 2. The van der Waals surface area contributed by atoms with Crippen LogP contribution in [0.2, 0.25) is 0 Å². The Labute approximate surface area is 183 Å². The van der Waals surface area contributed by atoms with Gasteiger partial charge < -0.3 is 15.0 Å². The Morgan fingerprint density at radius 3 is 2.81 bits per heavy atom. The average Bonchev–Trinajstić information content (AvgIpc) is 3.35. The molecule has 0 unspecified atom stereocenters. The maximum Gasteiger partial charge on any atom is 0.256 e. The van der Waals surface area contributed by atoms with Crippen molar-refractivity contribution in [1.29, 1.82) is 0 Å². The average molecular weight is 420 g/mol. The molecule has 2 aromatic rings. The predicted octanol–water partition coefficient (Wildman–Crippen LogP) is 3.98. The summed E-state index contributed by atoms with van der Waals surface area (Å²) in [5.74, 6) is 0.273. The highest BCUT2D eigenvalue weighted by atomic mass is 16.5. The molecule has 31 heavy (non-hydrogen) atoms. The number of carbonyl (C=O) groups excluding carboxylic acids is 2. The summed E-state index contributed by atoms with van der Waals surface area (Å²) in [4.78, 5) is 33.1. The number of methoxy groups -OCH3 is 1. The number of aromatic nitrogens is 1. The molecule has 6 heteroatoms. The molecule has 2 aliphatic carbocycles. The molecule has 1 fully saturated rings. The van der Waals surface area contributed by atoms with Crippen LogP contribution in [0.4, 0.5) is 5.69 Å². The van der Waals surface area contributed by atoms with Gasteiger partial charge in [-0.3, -0.25) is 14.6 Å². The van der Waals surface area contributed by atoms with Gasteiger partial charge in [-0.25, -0.2) is 0 Å². The van der Waals surface area contributed by atoms with Gasteiger partial charge in [0.2, 0.25) is 0 Å². The minimum Gasteiger partial charge on any atom is -0.377 e. The molecule has 0 bridgehead atoms. The fourth-order valence-corrected chi connectivity index (χ4v) is 5.31. The molecule has 6 nitrogen and oxygen atoms in total. The summed E-state index contributed by atoms with van der Waals surface area (Å²) in [5, 5.41) is 3.03. The molecular weight excluding hydrogens is 390 g/mol. The Morgan fingerprint density at radius 1 is 1.26 bits per heavy atom. The zero-order valence-corrected chi connectivity index (χ0v) is 18.4. The smallest absolute Gasteiger partial charge is 0.256 e. The van der Waals surface area contributed by atoms with Crippen LogP contribution in [0.25, 0.3) is 0 Å². The van der Waals surface area contributed by atoms with Gasteiger partial charge in [-0.1, -0.05) is 12.1 Å². The SMILES string of the molecule is COC(C)(C)[C@@H](C1CC1)N1Cc2cccc(NC(=O)c3ccnc4c3CCC4)c2C1=O. The van der Waals surface area contributed by atoms with Crippen LogP contribution in [0.3, 0.4) is 0 Å². The second kappa shape index (κ2) is 7.45. The first-order chi connectivity index (χ1) is 14.9. The Morgan fingerprint density at radius 2 is 2.06 bits per heavy atom. The van der Waals surface area contributed by atoms with E-state index in [1.54, 1.807) is 19.4 Å². The van der Waals surface area contributed by atoms with Crippen LogP contribution < -0.4 is 5.32 Å². The van der Waals surface area contributed by atoms with Gasteiger partial charge in [-0.15, -0.1) is 0 Å². The van der Waals surface area contributed by atoms with Crippen LogP contribution >= 0.6 is 0 Å². The molecule has 162 valence electrons. The van der Waals surface area contributed by atoms with Crippen LogP contribution in [0.15, 0.2) is 30.5 Å². The number of nitrogens with one attached hydrogen (secondary N) is 1. The highest BCUT2D eigenvalue weighted by Crippen LogP contribution is 2.44. The lowest BCUT2D eigenvalue weighted by molar-refractivity contribution is -0.0532. The zero-order chi connectivity index (χ0) is 21.8. The molecule has 0 radical (unpaired) electrons. The summed E-state index contributed by atoms with van der Waals surface area (Å²) in [6, 6.07) is 7.52. The van der Waals surface area contributed by atoms with E-state index in [-0.39, 0.29) is 17.9 Å². The van der Waals surface area contributed by atoms with Crippen LogP contribution in [0.5, 0.6) is 0 Å². The Hall–Kier alpha value is -2.73. The second-order valence-corrected chi connectivity index (χ2v) is 9.45. The topological polar surface area (TPSA) is 71.5 Å². The third-order valence-corrected chi connectivity index (χ3v) is 7.09. The van der Waals surface area contributed by atoms with E-state index in [4.69, 9.17) is 4.74 Å². The van der Waals surface area contributed by atoms with Gasteiger partial charge >= 0.3 is 0 Å². The van der Waals surface area contributed by atoms with Gasteiger partial charge in [0.25, 0.3) is 11.8 Å². The maximum atomic E-state index is 13.6. The van der Waals surface area contributed by atoms with Gasteiger partial charge in [-0.05, 0) is 75.1 Å². The number of fused-ring (bicyclic) bond motifs is 2. The molecule has 1 saturated carbocycles. The first kappa shape index (κ1) is 20.2. The normalized spacial score (nSPS) is 18.7. The fourth-order valence-electron chi connectivity index (χ4n) is 5.31. The minimum atomic E-state index is -0.431. The van der Waals surface area contributed by atoms with Crippen molar-refractivity contribution >= 4 is 17.5 Å². The summed E-state index contributed by atoms with van der Waals surface area (Å²) in [7, 11) is 1.71. The van der Waals surface area contributed by atoms with E-state index >= 15 is 0 Å². The number of hydrogen-bond donors (Lipinski definition) is 1. The predicted molar refractivity (Wildman–Crippen MR) is 118 cm³/mol. The molecule has 1 atom stereocenters. The number of hydrogen-bond acceptors (Lipinski definition) is 4. The van der Waals surface area contributed by atoms with E-state index in [0.29, 0.717) is 29.3 Å². The lowest BCUT2D eigenvalue weighted by Crippen LogP contribution is -2.52. The molecule has 3 aliphatic rings. The third kappa shape index (κ3) is 3.43. The molecule has 1 N–H and O–H groups in total. The second-order valence-electron chi connectivity index (χ2n) is 9.45. The molecular formula is C25H29N3O3. The lowest BCUT2D eigenvalue weighted by Gasteiger charge is -2.39. The highest BCUT2D eigenvalue weighted by Gasteiger charge is 2.49. The van der Waals surface area contributed by atoms with Crippen LogP contribution in [-0.2, 0) is 24.1 Å². The van der Waals surface area contributed by atoms with E-state index in [0.717, 1.165) is 48.9 Å². The van der Waals surface area contributed by atoms with Crippen molar-refractivity contribution in [3.63, 3.8) is 0 Å². The van der Waals surface area contributed by atoms with Gasteiger partial charge in [0.1, 0.15) is 0 Å². The van der Waals surface area contributed by atoms with Crippen molar-refractivity contribution < 1.29 is 14.3 Å². The summed E-state index contributed by atoms with van der Waals surface area (Å²) >= 11 is 0. The number of aryl methyl sites for hydroxylation is 1. The van der Waals surface area contributed by atoms with Gasteiger partial charge in [0.05, 0.1) is 22.9 Å². The number of benzene rings is 1. The van der Waals surface area contributed by atoms with Gasteiger partial charge in [-0.2, -0.15) is 0 Å². The van der Waals surface area contributed by atoms with Crippen molar-refractivity contribution in [3.8, 4) is 0 Å². The summed E-state index contributed by atoms with van der Waals surface area (Å²) < 4.78 is 5.79. The van der Waals surface area contributed by atoms with Crippen LogP contribution in [0, 0.1) is 5.92 Å². The van der Waals surface area contributed by atoms with Crippen LogP contribution in [0.1, 0.15) is 70.6 Å². The van der Waals surface area contributed by atoms with E-state index in [1.807, 2.05) is 23.1 Å². The maximum absolute atomic E-state index is 13.6. The summed E-state index contributed by atoms with van der Waals surface area (Å²) in [6.45, 7) is 4.66. The molecule has 0 spiro atoms. The van der Waals surface area contributed by atoms with E-state index in [9.17, 15) is 9.59 Å². The van der Waals surface area contributed by atoms with Crippen LogP contribution in [-0.4, -0.2) is 40.5 Å². The van der Waals surface area contributed by atoms with Gasteiger partial charge in [0, 0.05) is 31.1 Å². The molecule has 2 heterocycles. The molecule has 1 aromatic heterocycles. The Bertz CT molecular complexity index is 1060. The molecule has 0 saturated heterocycles. The van der Waals surface area contributed by atoms with E-state index < -0.39 is 5.60 Å². The summed E-state index contributed by atoms with van der Waals surface area (Å²) in [6.07, 6.45) is 6.76. The molecule has 1 aliphatic heterocycles. The number of nitrogens with zero attached hydrogens (tertiary/aromatic N) is 2. The highest BCUT2D eigenvalue weighted by molar-refractivity contribution is 6.11. The number of anilines is 1. The van der Waals surface area contributed by atoms with E-state index in [1.165, 1.54) is 0 Å².